The summed E-state index contributed by atoms with van der Waals surface area (Å²) in [6.45, 7) is 1.88. The van der Waals surface area contributed by atoms with Gasteiger partial charge in [-0.25, -0.2) is 13.8 Å². The van der Waals surface area contributed by atoms with Crippen LogP contribution in [-0.2, 0) is 10.0 Å². The van der Waals surface area contributed by atoms with Crippen LogP contribution in [0, 0.1) is 6.92 Å². The number of hydrogen-bond donors (Lipinski definition) is 2. The summed E-state index contributed by atoms with van der Waals surface area (Å²) in [7, 11) is -0.633. The first-order valence-electron chi connectivity index (χ1n) is 9.57. The largest absolute Gasteiger partial charge is 0.493 e. The molecule has 0 bridgehead atoms. The van der Waals surface area contributed by atoms with E-state index in [4.69, 9.17) is 9.47 Å². The Morgan fingerprint density at radius 2 is 1.56 bits per heavy atom. The third-order valence-corrected chi connectivity index (χ3v) is 5.92. The number of nitrogens with one attached hydrogen (secondary N) is 2. The highest BCUT2D eigenvalue weighted by Crippen LogP contribution is 2.26. The van der Waals surface area contributed by atoms with E-state index in [-0.39, 0.29) is 4.90 Å². The second-order valence-corrected chi connectivity index (χ2v) is 8.49. The number of carbonyl (C=O) groups excluding carboxylic acids is 1. The van der Waals surface area contributed by atoms with Crippen LogP contribution in [-0.4, -0.2) is 34.8 Å². The van der Waals surface area contributed by atoms with E-state index in [0.29, 0.717) is 28.3 Å². The fourth-order valence-corrected chi connectivity index (χ4v) is 3.84. The average Bonchev–Trinajstić information content (AvgIpc) is 2.79. The maximum absolute atomic E-state index is 12.5. The first-order chi connectivity index (χ1) is 15.3. The topological polar surface area (TPSA) is 106 Å². The molecule has 0 fully saturated rings. The van der Waals surface area contributed by atoms with Gasteiger partial charge in [-0.05, 0) is 67.1 Å². The van der Waals surface area contributed by atoms with Crippen LogP contribution in [0.1, 0.15) is 21.5 Å². The lowest BCUT2D eigenvalue weighted by atomic mass is 10.2. The number of hydrazone groups is 1. The molecule has 0 atom stereocenters. The number of methoxy groups -OCH3 is 2. The Kier molecular flexibility index (Phi) is 7.11. The molecule has 0 aliphatic rings. The molecular weight excluding hydrogens is 430 g/mol. The third-order valence-electron chi connectivity index (χ3n) is 4.52. The highest BCUT2D eigenvalue weighted by Gasteiger charge is 2.14. The Labute approximate surface area is 186 Å². The standard InChI is InChI=1S/C23H23N3O5S/c1-16-4-11-20(12-5-16)32(28,29)26-19-9-7-18(8-10-19)23(27)25-24-15-17-6-13-21(30-2)22(14-17)31-3/h4-15,26H,1-3H3,(H,25,27)/b24-15+. The van der Waals surface area contributed by atoms with Gasteiger partial charge in [-0.1, -0.05) is 17.7 Å². The Morgan fingerprint density at radius 3 is 2.19 bits per heavy atom. The Bertz CT molecular complexity index is 1220. The highest BCUT2D eigenvalue weighted by molar-refractivity contribution is 7.92. The molecule has 1 amide bonds. The van der Waals surface area contributed by atoms with Crippen LogP contribution < -0.4 is 19.6 Å². The van der Waals surface area contributed by atoms with E-state index in [9.17, 15) is 13.2 Å². The van der Waals surface area contributed by atoms with Gasteiger partial charge >= 0.3 is 0 Å². The van der Waals surface area contributed by atoms with Crippen molar-refractivity contribution in [2.45, 2.75) is 11.8 Å². The first-order valence-corrected chi connectivity index (χ1v) is 11.1. The van der Waals surface area contributed by atoms with Crippen LogP contribution in [0.3, 0.4) is 0 Å². The van der Waals surface area contributed by atoms with Gasteiger partial charge < -0.3 is 9.47 Å². The highest BCUT2D eigenvalue weighted by atomic mass is 32.2. The molecular formula is C23H23N3O5S. The molecule has 3 aromatic carbocycles. The maximum atomic E-state index is 12.5. The summed E-state index contributed by atoms with van der Waals surface area (Å²) in [5.41, 5.74) is 4.78. The molecule has 32 heavy (non-hydrogen) atoms. The van der Waals surface area contributed by atoms with Crippen LogP contribution in [0.2, 0.25) is 0 Å². The molecule has 166 valence electrons. The van der Waals surface area contributed by atoms with Gasteiger partial charge in [0.2, 0.25) is 0 Å². The van der Waals surface area contributed by atoms with E-state index in [1.165, 1.54) is 49.7 Å². The van der Waals surface area contributed by atoms with E-state index in [2.05, 4.69) is 15.2 Å². The zero-order chi connectivity index (χ0) is 23.1. The van der Waals surface area contributed by atoms with Gasteiger partial charge in [0.25, 0.3) is 15.9 Å². The zero-order valence-corrected chi connectivity index (χ0v) is 18.6. The average molecular weight is 454 g/mol. The molecule has 0 spiro atoms. The first kappa shape index (κ1) is 22.8. The van der Waals surface area contributed by atoms with Crippen LogP contribution in [0.25, 0.3) is 0 Å². The lowest BCUT2D eigenvalue weighted by molar-refractivity contribution is 0.0955. The minimum atomic E-state index is -3.71. The molecule has 0 aromatic heterocycles. The van der Waals surface area contributed by atoms with Gasteiger partial charge in [-0.3, -0.25) is 9.52 Å². The summed E-state index contributed by atoms with van der Waals surface area (Å²) in [6, 6.07) is 17.8. The molecule has 0 unspecified atom stereocenters. The molecule has 3 aromatic rings. The molecule has 0 radical (unpaired) electrons. The molecule has 2 N–H and O–H groups in total. The molecule has 8 nitrogen and oxygen atoms in total. The van der Waals surface area contributed by atoms with Gasteiger partial charge in [0.1, 0.15) is 0 Å². The molecule has 0 saturated carbocycles. The summed E-state index contributed by atoms with van der Waals surface area (Å²) in [5, 5.41) is 3.94. The number of sulfonamides is 1. The number of hydrogen-bond acceptors (Lipinski definition) is 6. The summed E-state index contributed by atoms with van der Waals surface area (Å²) >= 11 is 0. The number of amides is 1. The molecule has 0 heterocycles. The van der Waals surface area contributed by atoms with Gasteiger partial charge in [0.15, 0.2) is 11.5 Å². The Hall–Kier alpha value is -3.85. The summed E-state index contributed by atoms with van der Waals surface area (Å²) in [4.78, 5) is 12.5. The number of anilines is 1. The number of nitrogens with zero attached hydrogens (tertiary/aromatic N) is 1. The van der Waals surface area contributed by atoms with Gasteiger partial charge in [0, 0.05) is 11.3 Å². The molecule has 0 saturated heterocycles. The summed E-state index contributed by atoms with van der Waals surface area (Å²) < 4.78 is 37.8. The molecule has 9 heteroatoms. The Morgan fingerprint density at radius 1 is 0.906 bits per heavy atom. The number of ether oxygens (including phenoxy) is 2. The SMILES string of the molecule is COc1ccc(/C=N/NC(=O)c2ccc(NS(=O)(=O)c3ccc(C)cc3)cc2)cc1OC. The van der Waals surface area contributed by atoms with Crippen molar-refractivity contribution in [3.05, 3.63) is 83.4 Å². The molecule has 3 rings (SSSR count). The second-order valence-electron chi connectivity index (χ2n) is 6.81. The van der Waals surface area contributed by atoms with Gasteiger partial charge in [0.05, 0.1) is 25.3 Å². The van der Waals surface area contributed by atoms with E-state index in [1.54, 1.807) is 37.4 Å². The normalized spacial score (nSPS) is 11.2. The van der Waals surface area contributed by atoms with E-state index >= 15 is 0 Å². The van der Waals surface area contributed by atoms with Gasteiger partial charge in [-0.15, -0.1) is 0 Å². The minimum absolute atomic E-state index is 0.161. The third kappa shape index (κ3) is 5.64. The van der Waals surface area contributed by atoms with Crippen molar-refractivity contribution >= 4 is 27.8 Å². The monoisotopic (exact) mass is 453 g/mol. The molecule has 0 aliphatic heterocycles. The van der Waals surface area contributed by atoms with Crippen molar-refractivity contribution in [1.82, 2.24) is 5.43 Å². The van der Waals surface area contributed by atoms with Crippen molar-refractivity contribution in [3.63, 3.8) is 0 Å². The van der Waals surface area contributed by atoms with E-state index in [1.807, 2.05) is 6.92 Å². The van der Waals surface area contributed by atoms with Crippen molar-refractivity contribution in [1.29, 1.82) is 0 Å². The quantitative estimate of drug-likeness (QED) is 0.401. The fraction of sp³-hybridized carbons (Fsp3) is 0.130. The van der Waals surface area contributed by atoms with Crippen molar-refractivity contribution < 1.29 is 22.7 Å². The van der Waals surface area contributed by atoms with Crippen LogP contribution in [0.4, 0.5) is 5.69 Å². The lowest BCUT2D eigenvalue weighted by Gasteiger charge is -2.09. The van der Waals surface area contributed by atoms with Crippen LogP contribution >= 0.6 is 0 Å². The maximum Gasteiger partial charge on any atom is 0.271 e. The van der Waals surface area contributed by atoms with Gasteiger partial charge in [-0.2, -0.15) is 5.10 Å². The minimum Gasteiger partial charge on any atom is -0.493 e. The van der Waals surface area contributed by atoms with Crippen molar-refractivity contribution in [2.24, 2.45) is 5.10 Å². The van der Waals surface area contributed by atoms with E-state index in [0.717, 1.165) is 5.56 Å². The Balaban J connectivity index is 1.62. The van der Waals surface area contributed by atoms with Crippen LogP contribution in [0.15, 0.2) is 76.7 Å². The fourth-order valence-electron chi connectivity index (χ4n) is 2.78. The summed E-state index contributed by atoms with van der Waals surface area (Å²) in [5.74, 6) is 0.702. The predicted octanol–water partition coefficient (Wildman–Crippen LogP) is 3.58. The second kappa shape index (κ2) is 9.97. The number of benzene rings is 3. The lowest BCUT2D eigenvalue weighted by Crippen LogP contribution is -2.18. The predicted molar refractivity (Wildman–Crippen MR) is 123 cm³/mol. The van der Waals surface area contributed by atoms with Crippen molar-refractivity contribution in [2.75, 3.05) is 18.9 Å². The van der Waals surface area contributed by atoms with E-state index < -0.39 is 15.9 Å². The number of carbonyl (C=O) groups is 1. The van der Waals surface area contributed by atoms with Crippen LogP contribution in [0.5, 0.6) is 11.5 Å². The smallest absolute Gasteiger partial charge is 0.271 e. The molecule has 0 aliphatic carbocycles. The number of rotatable bonds is 8. The zero-order valence-electron chi connectivity index (χ0n) is 17.8. The van der Waals surface area contributed by atoms with Crippen molar-refractivity contribution in [3.8, 4) is 11.5 Å². The summed E-state index contributed by atoms with van der Waals surface area (Å²) in [6.07, 6.45) is 1.48. The number of aryl methyl sites for hydroxylation is 1.